The van der Waals surface area contributed by atoms with Gasteiger partial charge in [0.1, 0.15) is 0 Å². The first-order chi connectivity index (χ1) is 10.7. The molecule has 3 unspecified atom stereocenters. The molecule has 2 saturated heterocycles. The fourth-order valence-electron chi connectivity index (χ4n) is 3.65. The number of carboxylic acids is 1. The van der Waals surface area contributed by atoms with Crippen molar-refractivity contribution in [3.05, 3.63) is 33.9 Å². The van der Waals surface area contributed by atoms with E-state index in [1.165, 1.54) is 23.4 Å². The molecule has 0 saturated carbocycles. The maximum Gasteiger partial charge on any atom is 0.308 e. The molecule has 2 fully saturated rings. The van der Waals surface area contributed by atoms with Crippen molar-refractivity contribution in [2.45, 2.75) is 43.2 Å². The molecular weight excluding hydrogens is 324 g/mol. The first-order valence-corrected chi connectivity index (χ1v) is 8.69. The molecule has 0 amide bonds. The van der Waals surface area contributed by atoms with Crippen molar-refractivity contribution in [1.82, 2.24) is 4.31 Å². The van der Waals surface area contributed by atoms with Gasteiger partial charge < -0.3 is 5.11 Å². The number of benzene rings is 1. The predicted molar refractivity (Wildman–Crippen MR) is 79.4 cm³/mol. The Bertz CT molecular complexity index is 790. The minimum absolute atomic E-state index is 0.155. The molecule has 0 aromatic heterocycles. The van der Waals surface area contributed by atoms with Gasteiger partial charge in [0.05, 0.1) is 15.7 Å². The molecule has 2 aliphatic rings. The second-order valence-electron chi connectivity index (χ2n) is 6.02. The predicted octanol–water partition coefficient (Wildman–Crippen LogP) is 1.53. The Labute approximate surface area is 132 Å². The van der Waals surface area contributed by atoms with Crippen molar-refractivity contribution in [2.24, 2.45) is 5.92 Å². The first kappa shape index (κ1) is 15.9. The van der Waals surface area contributed by atoms with Crippen LogP contribution in [0.5, 0.6) is 0 Å². The van der Waals surface area contributed by atoms with Gasteiger partial charge in [-0.1, -0.05) is 6.07 Å². The Morgan fingerprint density at radius 2 is 2.09 bits per heavy atom. The smallest absolute Gasteiger partial charge is 0.308 e. The number of nitro groups is 1. The zero-order chi connectivity index (χ0) is 16.9. The molecule has 0 radical (unpaired) electrons. The molecule has 3 atom stereocenters. The van der Waals surface area contributed by atoms with Gasteiger partial charge in [-0.25, -0.2) is 8.42 Å². The van der Waals surface area contributed by atoms with Crippen molar-refractivity contribution in [3.8, 4) is 0 Å². The SMILES string of the molecule is Cc1ccc(S(=O)(=O)N2C3CCC2C(C(=O)O)C3)cc1[N+](=O)[O-]. The van der Waals surface area contributed by atoms with Gasteiger partial charge >= 0.3 is 5.97 Å². The lowest BCUT2D eigenvalue weighted by Crippen LogP contribution is -2.37. The second-order valence-corrected chi connectivity index (χ2v) is 7.86. The summed E-state index contributed by atoms with van der Waals surface area (Å²) in [5.41, 5.74) is 0.120. The van der Waals surface area contributed by atoms with E-state index in [1.54, 1.807) is 0 Å². The second kappa shape index (κ2) is 5.27. The molecule has 23 heavy (non-hydrogen) atoms. The molecule has 1 aromatic carbocycles. The highest BCUT2D eigenvalue weighted by atomic mass is 32.2. The van der Waals surface area contributed by atoms with Crippen LogP contribution < -0.4 is 0 Å². The number of aryl methyl sites for hydroxylation is 1. The third-order valence-corrected chi connectivity index (χ3v) is 6.72. The summed E-state index contributed by atoms with van der Waals surface area (Å²) in [5, 5.41) is 20.3. The van der Waals surface area contributed by atoms with Crippen molar-refractivity contribution in [3.63, 3.8) is 0 Å². The van der Waals surface area contributed by atoms with Gasteiger partial charge in [-0.15, -0.1) is 0 Å². The van der Waals surface area contributed by atoms with Crippen molar-refractivity contribution in [2.75, 3.05) is 0 Å². The highest BCUT2D eigenvalue weighted by molar-refractivity contribution is 7.89. The van der Waals surface area contributed by atoms with Crippen LogP contribution in [0.1, 0.15) is 24.8 Å². The summed E-state index contributed by atoms with van der Waals surface area (Å²) >= 11 is 0. The normalized spacial score (nSPS) is 27.3. The Morgan fingerprint density at radius 3 is 2.65 bits per heavy atom. The van der Waals surface area contributed by atoms with Gasteiger partial charge in [0.25, 0.3) is 5.69 Å². The summed E-state index contributed by atoms with van der Waals surface area (Å²) in [7, 11) is -3.95. The number of rotatable bonds is 4. The van der Waals surface area contributed by atoms with Crippen LogP contribution in [-0.2, 0) is 14.8 Å². The van der Waals surface area contributed by atoms with E-state index in [4.69, 9.17) is 0 Å². The summed E-state index contributed by atoms with van der Waals surface area (Å²) in [4.78, 5) is 21.5. The number of aliphatic carboxylic acids is 1. The fourth-order valence-corrected chi connectivity index (χ4v) is 5.58. The number of carbonyl (C=O) groups is 1. The summed E-state index contributed by atoms with van der Waals surface area (Å²) in [6.45, 7) is 1.54. The van der Waals surface area contributed by atoms with Crippen LogP contribution in [0.15, 0.2) is 23.1 Å². The van der Waals surface area contributed by atoms with Crippen LogP contribution in [0, 0.1) is 23.0 Å². The molecule has 0 aliphatic carbocycles. The first-order valence-electron chi connectivity index (χ1n) is 7.25. The molecule has 9 heteroatoms. The number of carboxylic acid groups (broad SMARTS) is 1. The highest BCUT2D eigenvalue weighted by Gasteiger charge is 2.54. The fraction of sp³-hybridized carbons (Fsp3) is 0.500. The zero-order valence-corrected chi connectivity index (χ0v) is 13.2. The van der Waals surface area contributed by atoms with E-state index in [0.717, 1.165) is 6.07 Å². The zero-order valence-electron chi connectivity index (χ0n) is 12.4. The largest absolute Gasteiger partial charge is 0.481 e. The molecule has 2 heterocycles. The van der Waals surface area contributed by atoms with E-state index in [-0.39, 0.29) is 16.6 Å². The number of nitrogens with zero attached hydrogens (tertiary/aromatic N) is 2. The Balaban J connectivity index is 2.02. The lowest BCUT2D eigenvalue weighted by molar-refractivity contribution is -0.385. The third-order valence-electron chi connectivity index (χ3n) is 4.74. The Hall–Kier alpha value is -2.00. The maximum absolute atomic E-state index is 12.9. The molecule has 2 bridgehead atoms. The number of fused-ring (bicyclic) bond motifs is 2. The molecule has 0 spiro atoms. The van der Waals surface area contributed by atoms with Crippen molar-refractivity contribution in [1.29, 1.82) is 0 Å². The van der Waals surface area contributed by atoms with Crippen LogP contribution in [0.2, 0.25) is 0 Å². The van der Waals surface area contributed by atoms with E-state index < -0.39 is 32.9 Å². The molecule has 124 valence electrons. The van der Waals surface area contributed by atoms with E-state index >= 15 is 0 Å². The lowest BCUT2D eigenvalue weighted by Gasteiger charge is -2.22. The van der Waals surface area contributed by atoms with E-state index in [2.05, 4.69) is 0 Å². The quantitative estimate of drug-likeness (QED) is 0.656. The minimum Gasteiger partial charge on any atom is -0.481 e. The van der Waals surface area contributed by atoms with E-state index in [1.807, 2.05) is 0 Å². The molecule has 2 aliphatic heterocycles. The number of sulfonamides is 1. The minimum atomic E-state index is -3.95. The summed E-state index contributed by atoms with van der Waals surface area (Å²) in [5.74, 6) is -1.70. The van der Waals surface area contributed by atoms with Gasteiger partial charge in [0.2, 0.25) is 10.0 Å². The molecular formula is C14H16N2O6S. The third kappa shape index (κ3) is 2.40. The molecule has 1 N–H and O–H groups in total. The summed E-state index contributed by atoms with van der Waals surface area (Å²) in [6.07, 6.45) is 1.43. The van der Waals surface area contributed by atoms with Gasteiger partial charge in [0, 0.05) is 23.7 Å². The molecule has 1 aromatic rings. The number of hydrogen-bond acceptors (Lipinski definition) is 5. The molecule has 3 rings (SSSR count). The Kier molecular flexibility index (Phi) is 3.64. The maximum atomic E-state index is 12.9. The van der Waals surface area contributed by atoms with Crippen LogP contribution in [0.25, 0.3) is 0 Å². The topological polar surface area (TPSA) is 118 Å². The standard InChI is InChI=1S/C14H16N2O6S/c1-8-2-4-10(7-13(8)16(19)20)23(21,22)15-9-3-5-12(15)11(6-9)14(17)18/h2,4,7,9,11-12H,3,5-6H2,1H3,(H,17,18). The van der Waals surface area contributed by atoms with Crippen molar-refractivity contribution >= 4 is 21.7 Å². The van der Waals surface area contributed by atoms with Gasteiger partial charge in [-0.05, 0) is 32.3 Å². The van der Waals surface area contributed by atoms with Crippen molar-refractivity contribution < 1.29 is 23.2 Å². The van der Waals surface area contributed by atoms with Crippen LogP contribution in [-0.4, -0.2) is 40.8 Å². The monoisotopic (exact) mass is 340 g/mol. The average molecular weight is 340 g/mol. The molecule has 8 nitrogen and oxygen atoms in total. The van der Waals surface area contributed by atoms with Crippen LogP contribution >= 0.6 is 0 Å². The lowest BCUT2D eigenvalue weighted by atomic mass is 9.89. The summed E-state index contributed by atoms with van der Waals surface area (Å²) in [6, 6.07) is 2.88. The number of nitro benzene ring substituents is 1. The van der Waals surface area contributed by atoms with E-state index in [9.17, 15) is 28.4 Å². The van der Waals surface area contributed by atoms with Crippen LogP contribution in [0.4, 0.5) is 5.69 Å². The van der Waals surface area contributed by atoms with Gasteiger partial charge in [0.15, 0.2) is 0 Å². The van der Waals surface area contributed by atoms with Gasteiger partial charge in [-0.2, -0.15) is 4.31 Å². The average Bonchev–Trinajstić information content (AvgIpc) is 3.05. The van der Waals surface area contributed by atoms with Gasteiger partial charge in [-0.3, -0.25) is 14.9 Å². The Morgan fingerprint density at radius 1 is 1.39 bits per heavy atom. The number of hydrogen-bond donors (Lipinski definition) is 1. The summed E-state index contributed by atoms with van der Waals surface area (Å²) < 4.78 is 27.0. The highest BCUT2D eigenvalue weighted by Crippen LogP contribution is 2.45. The van der Waals surface area contributed by atoms with Crippen LogP contribution in [0.3, 0.4) is 0 Å². The van der Waals surface area contributed by atoms with E-state index in [0.29, 0.717) is 24.8 Å².